The maximum Gasteiger partial charge on any atom is 0.428 e. The Morgan fingerprint density at radius 1 is 1.04 bits per heavy atom. The zero-order valence-electron chi connectivity index (χ0n) is 12.0. The normalized spacial score (nSPS) is 14.7. The van der Waals surface area contributed by atoms with Crippen molar-refractivity contribution >= 4 is 11.8 Å². The molecule has 0 unspecified atom stereocenters. The average molecular weight is 338 g/mol. The second-order valence-corrected chi connectivity index (χ2v) is 5.01. The molecule has 0 saturated heterocycles. The van der Waals surface area contributed by atoms with Gasteiger partial charge in [0.2, 0.25) is 0 Å². The Kier molecular flexibility index (Phi) is 3.96. The standard InChI is InChI=1S/C16H10F4N2O2/c17-11-4-1-9(2-5-11)12-6-3-10(7-13(12)16(18,19)20)14-8-24-15(23)22-21-14/h1-7H,8H2,(H,22,23). The van der Waals surface area contributed by atoms with Gasteiger partial charge in [-0.2, -0.15) is 18.3 Å². The van der Waals surface area contributed by atoms with Crippen molar-refractivity contribution in [3.8, 4) is 11.1 Å². The van der Waals surface area contributed by atoms with Gasteiger partial charge < -0.3 is 4.74 Å². The quantitative estimate of drug-likeness (QED) is 0.843. The number of carbonyl (C=O) groups is 1. The Hall–Kier alpha value is -2.90. The predicted molar refractivity (Wildman–Crippen MR) is 77.9 cm³/mol. The highest BCUT2D eigenvalue weighted by molar-refractivity contribution is 6.04. The van der Waals surface area contributed by atoms with E-state index in [-0.39, 0.29) is 29.0 Å². The van der Waals surface area contributed by atoms with Crippen molar-refractivity contribution in [1.82, 2.24) is 5.43 Å². The molecule has 4 nitrogen and oxygen atoms in total. The van der Waals surface area contributed by atoms with Crippen LogP contribution >= 0.6 is 0 Å². The number of halogens is 4. The summed E-state index contributed by atoms with van der Waals surface area (Å²) in [5.41, 5.74) is 1.67. The van der Waals surface area contributed by atoms with Gasteiger partial charge in [0.15, 0.2) is 0 Å². The molecular weight excluding hydrogens is 328 g/mol. The molecule has 1 N–H and O–H groups in total. The molecule has 0 aliphatic carbocycles. The van der Waals surface area contributed by atoms with Gasteiger partial charge in [0.25, 0.3) is 0 Å². The van der Waals surface area contributed by atoms with Crippen LogP contribution in [-0.2, 0) is 10.9 Å². The minimum absolute atomic E-state index is 0.0763. The molecule has 124 valence electrons. The SMILES string of the molecule is O=C1NN=C(c2ccc(-c3ccc(F)cc3)c(C(F)(F)F)c2)CO1. The van der Waals surface area contributed by atoms with E-state index < -0.39 is 23.7 Å². The zero-order chi connectivity index (χ0) is 17.3. The third kappa shape index (κ3) is 3.22. The molecule has 0 aromatic heterocycles. The maximum absolute atomic E-state index is 13.4. The number of hydrogen-bond acceptors (Lipinski definition) is 3. The van der Waals surface area contributed by atoms with Crippen molar-refractivity contribution in [3.63, 3.8) is 0 Å². The van der Waals surface area contributed by atoms with E-state index in [0.29, 0.717) is 0 Å². The molecule has 0 atom stereocenters. The molecule has 2 aromatic carbocycles. The summed E-state index contributed by atoms with van der Waals surface area (Å²) in [6.07, 6.45) is -5.38. The van der Waals surface area contributed by atoms with Crippen LogP contribution in [0.3, 0.4) is 0 Å². The van der Waals surface area contributed by atoms with E-state index in [4.69, 9.17) is 4.74 Å². The average Bonchev–Trinajstić information content (AvgIpc) is 2.55. The lowest BCUT2D eigenvalue weighted by Crippen LogP contribution is -2.30. The first-order valence-corrected chi connectivity index (χ1v) is 6.81. The number of benzene rings is 2. The Bertz CT molecular complexity index is 814. The molecule has 8 heteroatoms. The highest BCUT2D eigenvalue weighted by atomic mass is 19.4. The summed E-state index contributed by atoms with van der Waals surface area (Å²) in [7, 11) is 0. The first-order valence-electron chi connectivity index (χ1n) is 6.81. The Morgan fingerprint density at radius 2 is 1.71 bits per heavy atom. The van der Waals surface area contributed by atoms with Crippen LogP contribution in [0.4, 0.5) is 22.4 Å². The number of cyclic esters (lactones) is 1. The topological polar surface area (TPSA) is 50.7 Å². The molecule has 2 aromatic rings. The zero-order valence-corrected chi connectivity index (χ0v) is 12.0. The maximum atomic E-state index is 13.4. The molecule has 0 radical (unpaired) electrons. The van der Waals surface area contributed by atoms with Crippen molar-refractivity contribution in [2.24, 2.45) is 5.10 Å². The van der Waals surface area contributed by atoms with Crippen LogP contribution in [0.1, 0.15) is 11.1 Å². The molecule has 0 spiro atoms. The number of amides is 1. The number of hydrogen-bond donors (Lipinski definition) is 1. The summed E-state index contributed by atoms with van der Waals surface area (Å²) in [4.78, 5) is 10.9. The number of ether oxygens (including phenoxy) is 1. The highest BCUT2D eigenvalue weighted by Crippen LogP contribution is 2.38. The van der Waals surface area contributed by atoms with Crippen molar-refractivity contribution in [2.75, 3.05) is 6.61 Å². The third-order valence-corrected chi connectivity index (χ3v) is 3.44. The minimum atomic E-state index is -4.61. The number of carbonyl (C=O) groups excluding carboxylic acids is 1. The van der Waals surface area contributed by atoms with Gasteiger partial charge in [0, 0.05) is 5.56 Å². The van der Waals surface area contributed by atoms with E-state index in [1.807, 2.05) is 5.43 Å². The first-order chi connectivity index (χ1) is 11.3. The van der Waals surface area contributed by atoms with Crippen LogP contribution in [0.15, 0.2) is 47.6 Å². The second-order valence-electron chi connectivity index (χ2n) is 5.01. The first kappa shape index (κ1) is 16.0. The van der Waals surface area contributed by atoms with Gasteiger partial charge in [-0.25, -0.2) is 14.6 Å². The fourth-order valence-electron chi connectivity index (χ4n) is 2.30. The van der Waals surface area contributed by atoms with Crippen LogP contribution in [0, 0.1) is 5.82 Å². The van der Waals surface area contributed by atoms with Crippen molar-refractivity contribution < 1.29 is 27.1 Å². The minimum Gasteiger partial charge on any atom is -0.442 e. The van der Waals surface area contributed by atoms with Crippen LogP contribution in [0.25, 0.3) is 11.1 Å². The van der Waals surface area contributed by atoms with Crippen molar-refractivity contribution in [2.45, 2.75) is 6.18 Å². The Labute approximate surface area is 133 Å². The van der Waals surface area contributed by atoms with Gasteiger partial charge in [-0.15, -0.1) is 0 Å². The molecule has 1 amide bonds. The van der Waals surface area contributed by atoms with Gasteiger partial charge in [0.05, 0.1) is 5.56 Å². The van der Waals surface area contributed by atoms with Gasteiger partial charge in [-0.3, -0.25) is 0 Å². The van der Waals surface area contributed by atoms with E-state index >= 15 is 0 Å². The number of nitrogens with one attached hydrogen (secondary N) is 1. The van der Waals surface area contributed by atoms with E-state index in [0.717, 1.165) is 18.2 Å². The molecule has 1 aliphatic rings. The lowest BCUT2D eigenvalue weighted by Gasteiger charge is -2.17. The highest BCUT2D eigenvalue weighted by Gasteiger charge is 2.34. The summed E-state index contributed by atoms with van der Waals surface area (Å²) in [5.74, 6) is -0.534. The Balaban J connectivity index is 2.08. The lowest BCUT2D eigenvalue weighted by molar-refractivity contribution is -0.137. The fourth-order valence-corrected chi connectivity index (χ4v) is 2.30. The lowest BCUT2D eigenvalue weighted by atomic mass is 9.95. The molecule has 24 heavy (non-hydrogen) atoms. The molecule has 0 saturated carbocycles. The van der Waals surface area contributed by atoms with Crippen molar-refractivity contribution in [1.29, 1.82) is 0 Å². The molecule has 3 rings (SSSR count). The van der Waals surface area contributed by atoms with E-state index in [1.54, 1.807) is 0 Å². The van der Waals surface area contributed by atoms with Gasteiger partial charge in [-0.1, -0.05) is 24.3 Å². The molecule has 0 fully saturated rings. The van der Waals surface area contributed by atoms with E-state index in [1.165, 1.54) is 24.3 Å². The van der Waals surface area contributed by atoms with Gasteiger partial charge in [-0.05, 0) is 29.3 Å². The summed E-state index contributed by atoms with van der Waals surface area (Å²) in [5, 5.41) is 3.69. The van der Waals surface area contributed by atoms with E-state index in [2.05, 4.69) is 5.10 Å². The number of hydrazone groups is 1. The predicted octanol–water partition coefficient (Wildman–Crippen LogP) is 3.96. The smallest absolute Gasteiger partial charge is 0.428 e. The summed E-state index contributed by atoms with van der Waals surface area (Å²) in [6, 6.07) is 8.40. The fraction of sp³-hybridized carbons (Fsp3) is 0.125. The van der Waals surface area contributed by atoms with E-state index in [9.17, 15) is 22.4 Å². The largest absolute Gasteiger partial charge is 0.442 e. The number of alkyl halides is 3. The number of nitrogens with zero attached hydrogens (tertiary/aromatic N) is 1. The third-order valence-electron chi connectivity index (χ3n) is 3.44. The van der Waals surface area contributed by atoms with Crippen LogP contribution in [0.5, 0.6) is 0 Å². The summed E-state index contributed by atoms with van der Waals surface area (Å²) < 4.78 is 57.9. The molecular formula is C16H10F4N2O2. The van der Waals surface area contributed by atoms with Gasteiger partial charge >= 0.3 is 12.3 Å². The van der Waals surface area contributed by atoms with Crippen LogP contribution < -0.4 is 5.43 Å². The number of rotatable bonds is 2. The van der Waals surface area contributed by atoms with Crippen molar-refractivity contribution in [3.05, 3.63) is 59.4 Å². The van der Waals surface area contributed by atoms with Crippen LogP contribution in [-0.4, -0.2) is 18.4 Å². The van der Waals surface area contributed by atoms with Crippen LogP contribution in [0.2, 0.25) is 0 Å². The Morgan fingerprint density at radius 3 is 2.29 bits per heavy atom. The summed E-state index contributed by atoms with van der Waals surface area (Å²) >= 11 is 0. The van der Waals surface area contributed by atoms with Gasteiger partial charge in [0.1, 0.15) is 18.1 Å². The second kappa shape index (κ2) is 5.95. The monoisotopic (exact) mass is 338 g/mol. The molecule has 0 bridgehead atoms. The molecule has 1 aliphatic heterocycles. The molecule has 1 heterocycles. The summed E-state index contributed by atoms with van der Waals surface area (Å²) in [6.45, 7) is -0.223.